The van der Waals surface area contributed by atoms with Gasteiger partial charge in [0.15, 0.2) is 0 Å². The van der Waals surface area contributed by atoms with Gasteiger partial charge in [0.05, 0.1) is 11.7 Å². The molecular formula is C38H27NO. The second-order valence-electron chi connectivity index (χ2n) is 10.5. The molecule has 190 valence electrons. The smallest absolute Gasteiger partial charge is 0.143 e. The second kappa shape index (κ2) is 9.29. The van der Waals surface area contributed by atoms with E-state index in [4.69, 9.17) is 4.42 Å². The molecule has 2 nitrogen and oxygen atoms in total. The molecule has 8 rings (SSSR count). The predicted molar refractivity (Wildman–Crippen MR) is 169 cm³/mol. The normalized spacial score (nSPS) is 14.9. The minimum absolute atomic E-state index is 0.191. The van der Waals surface area contributed by atoms with Gasteiger partial charge in [0.2, 0.25) is 0 Å². The van der Waals surface area contributed by atoms with Crippen LogP contribution in [0.3, 0.4) is 0 Å². The molecule has 0 bridgehead atoms. The van der Waals surface area contributed by atoms with Gasteiger partial charge in [0.1, 0.15) is 11.2 Å². The molecule has 1 aliphatic rings. The number of hydrogen-bond donors (Lipinski definition) is 0. The van der Waals surface area contributed by atoms with Gasteiger partial charge in [0.25, 0.3) is 0 Å². The molecule has 0 N–H and O–H groups in total. The van der Waals surface area contributed by atoms with Crippen molar-refractivity contribution in [1.82, 2.24) is 0 Å². The summed E-state index contributed by atoms with van der Waals surface area (Å²) in [5, 5.41) is 7.03. The average molecular weight is 514 g/mol. The quantitative estimate of drug-likeness (QED) is 0.233. The van der Waals surface area contributed by atoms with E-state index in [1.165, 1.54) is 38.7 Å². The van der Waals surface area contributed by atoms with Crippen LogP contribution in [-0.2, 0) is 0 Å². The zero-order valence-corrected chi connectivity index (χ0v) is 22.0. The van der Waals surface area contributed by atoms with Crippen LogP contribution in [0.4, 0.5) is 11.4 Å². The van der Waals surface area contributed by atoms with Crippen LogP contribution in [0.15, 0.2) is 150 Å². The first-order valence-electron chi connectivity index (χ1n) is 13.9. The first kappa shape index (κ1) is 22.9. The van der Waals surface area contributed by atoms with Crippen molar-refractivity contribution in [2.75, 3.05) is 4.90 Å². The van der Waals surface area contributed by atoms with E-state index in [9.17, 15) is 0 Å². The number of benzene rings is 6. The summed E-state index contributed by atoms with van der Waals surface area (Å²) in [6, 6.07) is 43.7. The fourth-order valence-electron chi connectivity index (χ4n) is 6.20. The molecule has 1 aliphatic carbocycles. The van der Waals surface area contributed by atoms with Crippen LogP contribution in [0.25, 0.3) is 54.6 Å². The monoisotopic (exact) mass is 513 g/mol. The lowest BCUT2D eigenvalue weighted by Gasteiger charge is -2.34. The minimum Gasteiger partial charge on any atom is -0.455 e. The minimum atomic E-state index is 0.191. The molecule has 1 atom stereocenters. The molecule has 0 aliphatic heterocycles. The Morgan fingerprint density at radius 3 is 2.15 bits per heavy atom. The highest BCUT2D eigenvalue weighted by atomic mass is 16.3. The van der Waals surface area contributed by atoms with Crippen molar-refractivity contribution in [2.24, 2.45) is 0 Å². The zero-order valence-electron chi connectivity index (χ0n) is 22.0. The summed E-state index contributed by atoms with van der Waals surface area (Å²) in [7, 11) is 0. The fourth-order valence-corrected chi connectivity index (χ4v) is 6.20. The largest absolute Gasteiger partial charge is 0.455 e. The van der Waals surface area contributed by atoms with Crippen LogP contribution >= 0.6 is 0 Å². The summed E-state index contributed by atoms with van der Waals surface area (Å²) in [6.07, 6.45) is 9.83. The SMILES string of the molecule is C1=CCC(N(c2cccc(-c3ccccc3)c2)c2cc3c4cc5ccccc5cc4oc3c3ccccc23)C=C1. The van der Waals surface area contributed by atoms with Crippen molar-refractivity contribution < 1.29 is 4.42 Å². The van der Waals surface area contributed by atoms with Crippen molar-refractivity contribution >= 4 is 54.9 Å². The van der Waals surface area contributed by atoms with Crippen LogP contribution in [-0.4, -0.2) is 6.04 Å². The van der Waals surface area contributed by atoms with Gasteiger partial charge >= 0.3 is 0 Å². The average Bonchev–Trinajstić information content (AvgIpc) is 3.39. The summed E-state index contributed by atoms with van der Waals surface area (Å²) in [5.74, 6) is 0. The maximum Gasteiger partial charge on any atom is 0.143 e. The van der Waals surface area contributed by atoms with Crippen molar-refractivity contribution in [3.05, 3.63) is 146 Å². The van der Waals surface area contributed by atoms with Gasteiger partial charge in [-0.2, -0.15) is 0 Å². The molecule has 0 fully saturated rings. The Morgan fingerprint density at radius 1 is 0.575 bits per heavy atom. The van der Waals surface area contributed by atoms with Crippen molar-refractivity contribution in [1.29, 1.82) is 0 Å². The topological polar surface area (TPSA) is 16.4 Å². The van der Waals surface area contributed by atoms with Crippen molar-refractivity contribution in [3.8, 4) is 11.1 Å². The molecule has 0 amide bonds. The first-order chi connectivity index (χ1) is 19.8. The van der Waals surface area contributed by atoms with Crippen molar-refractivity contribution in [3.63, 3.8) is 0 Å². The molecular weight excluding hydrogens is 486 g/mol. The number of furan rings is 1. The van der Waals surface area contributed by atoms with Gasteiger partial charge in [-0.1, -0.05) is 115 Å². The number of anilines is 2. The van der Waals surface area contributed by atoms with E-state index in [1.807, 2.05) is 0 Å². The zero-order chi connectivity index (χ0) is 26.5. The molecule has 1 heterocycles. The van der Waals surface area contributed by atoms with Crippen LogP contribution in [0.2, 0.25) is 0 Å². The third-order valence-corrected chi connectivity index (χ3v) is 8.10. The van der Waals surface area contributed by atoms with E-state index >= 15 is 0 Å². The van der Waals surface area contributed by atoms with E-state index in [2.05, 4.69) is 151 Å². The number of allylic oxidation sites excluding steroid dienone is 2. The van der Waals surface area contributed by atoms with Crippen LogP contribution < -0.4 is 4.90 Å². The molecule has 1 aromatic heterocycles. The van der Waals surface area contributed by atoms with Crippen LogP contribution in [0.1, 0.15) is 6.42 Å². The van der Waals surface area contributed by atoms with Gasteiger partial charge in [-0.15, -0.1) is 0 Å². The highest BCUT2D eigenvalue weighted by molar-refractivity contribution is 6.20. The molecule has 2 heteroatoms. The Balaban J connectivity index is 1.42. The molecule has 0 radical (unpaired) electrons. The lowest BCUT2D eigenvalue weighted by Crippen LogP contribution is -2.30. The highest BCUT2D eigenvalue weighted by Crippen LogP contribution is 2.44. The molecule has 0 saturated carbocycles. The molecule has 1 unspecified atom stereocenters. The standard InChI is InChI=1S/C38H27NO/c1-3-12-26(13-4-1)27-16-11-19-31(22-27)39(30-17-5-2-6-18-30)36-25-35-34-23-28-14-7-8-15-29(28)24-37(34)40-38(35)33-21-10-9-20-32(33)36/h1-17,19-25,30H,18H2. The second-order valence-corrected chi connectivity index (χ2v) is 10.5. The van der Waals surface area contributed by atoms with Crippen molar-refractivity contribution in [2.45, 2.75) is 12.5 Å². The van der Waals surface area contributed by atoms with Gasteiger partial charge in [0, 0.05) is 27.2 Å². The van der Waals surface area contributed by atoms with Gasteiger partial charge in [-0.05, 0) is 58.7 Å². The molecule has 40 heavy (non-hydrogen) atoms. The van der Waals surface area contributed by atoms with Crippen LogP contribution in [0, 0.1) is 0 Å². The maximum atomic E-state index is 6.59. The number of fused-ring (bicyclic) bond motifs is 6. The van der Waals surface area contributed by atoms with E-state index < -0.39 is 0 Å². The summed E-state index contributed by atoms with van der Waals surface area (Å²) < 4.78 is 6.59. The highest BCUT2D eigenvalue weighted by Gasteiger charge is 2.24. The Hall–Kier alpha value is -5.08. The Morgan fingerprint density at radius 2 is 1.32 bits per heavy atom. The Kier molecular flexibility index (Phi) is 5.31. The third-order valence-electron chi connectivity index (χ3n) is 8.10. The van der Waals surface area contributed by atoms with E-state index in [-0.39, 0.29) is 6.04 Å². The summed E-state index contributed by atoms with van der Waals surface area (Å²) in [6.45, 7) is 0. The molecule has 7 aromatic rings. The summed E-state index contributed by atoms with van der Waals surface area (Å²) in [5.41, 5.74) is 6.67. The Bertz CT molecular complexity index is 2100. The lowest BCUT2D eigenvalue weighted by molar-refractivity contribution is 0.673. The summed E-state index contributed by atoms with van der Waals surface area (Å²) in [4.78, 5) is 2.51. The first-order valence-corrected chi connectivity index (χ1v) is 13.9. The molecule has 6 aromatic carbocycles. The fraction of sp³-hybridized carbons (Fsp3) is 0.0526. The van der Waals surface area contributed by atoms with Gasteiger partial charge < -0.3 is 9.32 Å². The number of rotatable bonds is 4. The Labute approximate surface area is 233 Å². The van der Waals surface area contributed by atoms with Gasteiger partial charge in [-0.3, -0.25) is 0 Å². The maximum absolute atomic E-state index is 6.59. The number of hydrogen-bond acceptors (Lipinski definition) is 2. The van der Waals surface area contributed by atoms with E-state index in [0.29, 0.717) is 0 Å². The van der Waals surface area contributed by atoms with E-state index in [0.717, 1.165) is 33.7 Å². The number of nitrogens with zero attached hydrogens (tertiary/aromatic N) is 1. The van der Waals surface area contributed by atoms with Crippen LogP contribution in [0.5, 0.6) is 0 Å². The molecule has 0 saturated heterocycles. The summed E-state index contributed by atoms with van der Waals surface area (Å²) >= 11 is 0. The van der Waals surface area contributed by atoms with E-state index in [1.54, 1.807) is 0 Å². The van der Waals surface area contributed by atoms with Gasteiger partial charge in [-0.25, -0.2) is 0 Å². The lowest BCUT2D eigenvalue weighted by atomic mass is 9.98. The third kappa shape index (κ3) is 3.72. The molecule has 0 spiro atoms. The predicted octanol–water partition coefficient (Wildman–Crippen LogP) is 10.6.